The third-order valence-corrected chi connectivity index (χ3v) is 4.01. The van der Waals surface area contributed by atoms with E-state index in [0.29, 0.717) is 17.2 Å². The van der Waals surface area contributed by atoms with Gasteiger partial charge in [0.15, 0.2) is 0 Å². The molecule has 0 radical (unpaired) electrons. The fraction of sp³-hybridized carbons (Fsp3) is 0.0909. The van der Waals surface area contributed by atoms with Crippen LogP contribution in [0.3, 0.4) is 0 Å². The summed E-state index contributed by atoms with van der Waals surface area (Å²) in [6.45, 7) is 0.602. The molecule has 148 valence electrons. The molecule has 5 nitrogen and oxygen atoms in total. The first kappa shape index (κ1) is 20.0. The Kier molecular flexibility index (Phi) is 6.19. The van der Waals surface area contributed by atoms with Gasteiger partial charge in [0.1, 0.15) is 35.4 Å². The Hall–Kier alpha value is -3.74. The number of para-hydroxylation sites is 2. The van der Waals surface area contributed by atoms with Gasteiger partial charge >= 0.3 is 0 Å². The lowest BCUT2D eigenvalue weighted by molar-refractivity contribution is -0.120. The molecule has 0 saturated carbocycles. The molecule has 0 saturated heterocycles. The van der Waals surface area contributed by atoms with Gasteiger partial charge in [-0.1, -0.05) is 24.3 Å². The summed E-state index contributed by atoms with van der Waals surface area (Å²) in [5, 5.41) is 2.59. The first-order chi connectivity index (χ1) is 13.9. The fourth-order valence-electron chi connectivity index (χ4n) is 2.67. The highest BCUT2D eigenvalue weighted by Crippen LogP contribution is 2.24. The van der Waals surface area contributed by atoms with E-state index in [4.69, 9.17) is 4.74 Å². The van der Waals surface area contributed by atoms with Crippen LogP contribution in [0.4, 0.5) is 20.2 Å². The van der Waals surface area contributed by atoms with Gasteiger partial charge in [-0.3, -0.25) is 14.5 Å². The number of carbonyl (C=O) groups excluding carboxylic acids is 2. The maximum Gasteiger partial charge on any atom is 0.244 e. The molecular formula is C22H18F2N2O3. The molecule has 3 aromatic rings. The minimum absolute atomic E-state index is 0.452. The SMILES string of the molecule is CC(=O)N(CC(=O)Nc1ccc(Oc2ccccc2)cc1)c1c(F)cccc1F. The van der Waals surface area contributed by atoms with Crippen molar-refractivity contribution in [2.75, 3.05) is 16.8 Å². The van der Waals surface area contributed by atoms with Crippen LogP contribution in [0.15, 0.2) is 72.8 Å². The van der Waals surface area contributed by atoms with Gasteiger partial charge in [0.25, 0.3) is 0 Å². The van der Waals surface area contributed by atoms with E-state index in [-0.39, 0.29) is 0 Å². The number of anilines is 2. The minimum atomic E-state index is -0.921. The van der Waals surface area contributed by atoms with Crippen LogP contribution in [-0.2, 0) is 9.59 Å². The molecule has 0 aliphatic rings. The molecule has 0 aromatic heterocycles. The Balaban J connectivity index is 1.67. The Morgan fingerprint density at radius 3 is 2.03 bits per heavy atom. The lowest BCUT2D eigenvalue weighted by Gasteiger charge is -2.21. The van der Waals surface area contributed by atoms with E-state index in [1.165, 1.54) is 6.07 Å². The quantitative estimate of drug-likeness (QED) is 0.654. The Morgan fingerprint density at radius 2 is 1.45 bits per heavy atom. The zero-order valence-electron chi connectivity index (χ0n) is 15.6. The summed E-state index contributed by atoms with van der Waals surface area (Å²) < 4.78 is 33.6. The van der Waals surface area contributed by atoms with Gasteiger partial charge in [0.2, 0.25) is 11.8 Å². The third-order valence-electron chi connectivity index (χ3n) is 4.01. The van der Waals surface area contributed by atoms with Crippen LogP contribution in [0.1, 0.15) is 6.92 Å². The molecule has 7 heteroatoms. The van der Waals surface area contributed by atoms with Crippen molar-refractivity contribution in [3.63, 3.8) is 0 Å². The zero-order chi connectivity index (χ0) is 20.8. The smallest absolute Gasteiger partial charge is 0.244 e. The largest absolute Gasteiger partial charge is 0.457 e. The van der Waals surface area contributed by atoms with Gasteiger partial charge in [-0.15, -0.1) is 0 Å². The summed E-state index contributed by atoms with van der Waals surface area (Å²) in [5.41, 5.74) is -0.102. The highest BCUT2D eigenvalue weighted by Gasteiger charge is 2.22. The summed E-state index contributed by atoms with van der Waals surface area (Å²) in [4.78, 5) is 24.9. The summed E-state index contributed by atoms with van der Waals surface area (Å²) in [7, 11) is 0. The van der Waals surface area contributed by atoms with Crippen LogP contribution in [0.25, 0.3) is 0 Å². The normalized spacial score (nSPS) is 10.3. The van der Waals surface area contributed by atoms with Crippen LogP contribution in [0.2, 0.25) is 0 Å². The highest BCUT2D eigenvalue weighted by molar-refractivity contribution is 6.01. The molecule has 0 unspecified atom stereocenters. The fourth-order valence-corrected chi connectivity index (χ4v) is 2.67. The van der Waals surface area contributed by atoms with Crippen molar-refractivity contribution in [2.45, 2.75) is 6.92 Å². The van der Waals surface area contributed by atoms with Crippen LogP contribution < -0.4 is 15.0 Å². The summed E-state index contributed by atoms with van der Waals surface area (Å²) >= 11 is 0. The third kappa shape index (κ3) is 5.16. The van der Waals surface area contributed by atoms with Gasteiger partial charge in [-0.25, -0.2) is 8.78 Å². The maximum atomic E-state index is 14.0. The second kappa shape index (κ2) is 8.97. The zero-order valence-corrected chi connectivity index (χ0v) is 15.6. The predicted molar refractivity (Wildman–Crippen MR) is 106 cm³/mol. The second-order valence-electron chi connectivity index (χ2n) is 6.16. The van der Waals surface area contributed by atoms with Crippen molar-refractivity contribution in [1.82, 2.24) is 0 Å². The molecule has 0 atom stereocenters. The minimum Gasteiger partial charge on any atom is -0.457 e. The van der Waals surface area contributed by atoms with Gasteiger partial charge in [-0.2, -0.15) is 0 Å². The van der Waals surface area contributed by atoms with Gasteiger partial charge in [0.05, 0.1) is 0 Å². The average molecular weight is 396 g/mol. The van der Waals surface area contributed by atoms with Crippen LogP contribution >= 0.6 is 0 Å². The molecule has 2 amide bonds. The number of benzene rings is 3. The molecular weight excluding hydrogens is 378 g/mol. The van der Waals surface area contributed by atoms with Crippen molar-refractivity contribution >= 4 is 23.2 Å². The Morgan fingerprint density at radius 1 is 0.862 bits per heavy atom. The number of hydrogen-bond acceptors (Lipinski definition) is 3. The lowest BCUT2D eigenvalue weighted by atomic mass is 10.2. The predicted octanol–water partition coefficient (Wildman–Crippen LogP) is 4.75. The summed E-state index contributed by atoms with van der Waals surface area (Å²) in [5.74, 6) is -1.84. The second-order valence-corrected chi connectivity index (χ2v) is 6.16. The van der Waals surface area contributed by atoms with Crippen LogP contribution in [-0.4, -0.2) is 18.4 Å². The number of ether oxygens (including phenoxy) is 1. The molecule has 0 fully saturated rings. The number of hydrogen-bond donors (Lipinski definition) is 1. The maximum absolute atomic E-state index is 14.0. The number of nitrogens with one attached hydrogen (secondary N) is 1. The topological polar surface area (TPSA) is 58.6 Å². The number of carbonyl (C=O) groups is 2. The average Bonchev–Trinajstić information content (AvgIpc) is 2.69. The van der Waals surface area contributed by atoms with Crippen molar-refractivity contribution < 1.29 is 23.1 Å². The van der Waals surface area contributed by atoms with E-state index >= 15 is 0 Å². The molecule has 0 heterocycles. The highest BCUT2D eigenvalue weighted by atomic mass is 19.1. The van der Waals surface area contributed by atoms with E-state index in [0.717, 1.165) is 24.0 Å². The van der Waals surface area contributed by atoms with Crippen LogP contribution in [0, 0.1) is 11.6 Å². The first-order valence-corrected chi connectivity index (χ1v) is 8.79. The summed E-state index contributed by atoms with van der Waals surface area (Å²) in [6.07, 6.45) is 0. The number of nitrogens with zero attached hydrogens (tertiary/aromatic N) is 1. The van der Waals surface area contributed by atoms with E-state index in [9.17, 15) is 18.4 Å². The van der Waals surface area contributed by atoms with Crippen molar-refractivity contribution in [2.24, 2.45) is 0 Å². The Labute approximate surface area is 166 Å². The lowest BCUT2D eigenvalue weighted by Crippen LogP contribution is -2.37. The molecule has 0 aliphatic heterocycles. The van der Waals surface area contributed by atoms with E-state index in [1.807, 2.05) is 30.3 Å². The van der Waals surface area contributed by atoms with E-state index in [2.05, 4.69) is 5.32 Å². The van der Waals surface area contributed by atoms with Crippen LogP contribution in [0.5, 0.6) is 11.5 Å². The monoisotopic (exact) mass is 396 g/mol. The molecule has 0 spiro atoms. The van der Waals surface area contributed by atoms with Gasteiger partial charge in [0, 0.05) is 12.6 Å². The number of rotatable bonds is 6. The van der Waals surface area contributed by atoms with Crippen molar-refractivity contribution in [1.29, 1.82) is 0 Å². The van der Waals surface area contributed by atoms with E-state index in [1.54, 1.807) is 24.3 Å². The van der Waals surface area contributed by atoms with Crippen molar-refractivity contribution in [3.8, 4) is 11.5 Å². The van der Waals surface area contributed by atoms with Gasteiger partial charge in [-0.05, 0) is 48.5 Å². The summed E-state index contributed by atoms with van der Waals surface area (Å²) in [6, 6.07) is 19.0. The molecule has 29 heavy (non-hydrogen) atoms. The molecule has 3 aromatic carbocycles. The van der Waals surface area contributed by atoms with E-state index < -0.39 is 35.7 Å². The molecule has 0 aliphatic carbocycles. The van der Waals surface area contributed by atoms with Crippen molar-refractivity contribution in [3.05, 3.63) is 84.4 Å². The molecule has 1 N–H and O–H groups in total. The molecule has 3 rings (SSSR count). The van der Waals surface area contributed by atoms with Gasteiger partial charge < -0.3 is 10.1 Å². The number of amides is 2. The first-order valence-electron chi connectivity index (χ1n) is 8.79. The Bertz CT molecular complexity index is 988. The molecule has 0 bridgehead atoms. The number of halogens is 2. The standard InChI is InChI=1S/C22H18F2N2O3/c1-15(27)26(22-19(23)8-5-9-20(22)24)14-21(28)25-16-10-12-18(13-11-16)29-17-6-3-2-4-7-17/h2-13H,14H2,1H3,(H,25,28).